The standard InChI is InChI=1S/C14H18O3/c15-14(17-16)13-8-6-12(7-9-13)10-11-4-2-1-3-5-11/h1-5,12-13,16H,6-10H2. The van der Waals surface area contributed by atoms with E-state index in [0.717, 1.165) is 32.1 Å². The van der Waals surface area contributed by atoms with Crippen LogP contribution >= 0.6 is 0 Å². The molecule has 1 aromatic rings. The van der Waals surface area contributed by atoms with Gasteiger partial charge in [-0.05, 0) is 43.6 Å². The summed E-state index contributed by atoms with van der Waals surface area (Å²) in [5, 5.41) is 8.34. The Bertz CT molecular complexity index is 353. The second-order valence-corrected chi connectivity index (χ2v) is 4.82. The van der Waals surface area contributed by atoms with Gasteiger partial charge in [0.05, 0.1) is 5.92 Å². The molecule has 17 heavy (non-hydrogen) atoms. The van der Waals surface area contributed by atoms with E-state index in [9.17, 15) is 4.79 Å². The summed E-state index contributed by atoms with van der Waals surface area (Å²) in [7, 11) is 0. The molecule has 1 saturated carbocycles. The van der Waals surface area contributed by atoms with Crippen molar-refractivity contribution >= 4 is 5.97 Å². The molecule has 1 aliphatic rings. The lowest BCUT2D eigenvalue weighted by Crippen LogP contribution is -2.23. The fourth-order valence-electron chi connectivity index (χ4n) is 2.62. The summed E-state index contributed by atoms with van der Waals surface area (Å²) in [6, 6.07) is 10.4. The van der Waals surface area contributed by atoms with E-state index in [2.05, 4.69) is 29.2 Å². The molecular formula is C14H18O3. The van der Waals surface area contributed by atoms with Crippen LogP contribution in [0.25, 0.3) is 0 Å². The van der Waals surface area contributed by atoms with Crippen molar-refractivity contribution in [2.45, 2.75) is 32.1 Å². The maximum absolute atomic E-state index is 11.2. The second-order valence-electron chi connectivity index (χ2n) is 4.82. The lowest BCUT2D eigenvalue weighted by Gasteiger charge is -2.26. The van der Waals surface area contributed by atoms with Gasteiger partial charge in [0, 0.05) is 0 Å². The molecule has 3 heteroatoms. The van der Waals surface area contributed by atoms with E-state index in [1.54, 1.807) is 0 Å². The first-order valence-corrected chi connectivity index (χ1v) is 6.18. The highest BCUT2D eigenvalue weighted by atomic mass is 17.1. The molecule has 0 unspecified atom stereocenters. The average molecular weight is 234 g/mol. The Kier molecular flexibility index (Phi) is 4.15. The van der Waals surface area contributed by atoms with Crippen molar-refractivity contribution in [3.63, 3.8) is 0 Å². The molecule has 0 aromatic heterocycles. The van der Waals surface area contributed by atoms with Gasteiger partial charge in [-0.3, -0.25) is 0 Å². The molecule has 0 aliphatic heterocycles. The Balaban J connectivity index is 1.82. The van der Waals surface area contributed by atoms with Gasteiger partial charge in [-0.25, -0.2) is 4.79 Å². The lowest BCUT2D eigenvalue weighted by atomic mass is 9.79. The predicted octanol–water partition coefficient (Wildman–Crippen LogP) is 3.05. The number of rotatable bonds is 3. The van der Waals surface area contributed by atoms with Crippen LogP contribution < -0.4 is 0 Å². The second kappa shape index (κ2) is 5.82. The van der Waals surface area contributed by atoms with Crippen molar-refractivity contribution in [3.05, 3.63) is 35.9 Å². The molecule has 0 amide bonds. The molecule has 2 rings (SSSR count). The van der Waals surface area contributed by atoms with Crippen molar-refractivity contribution in [3.8, 4) is 0 Å². The van der Waals surface area contributed by atoms with E-state index in [4.69, 9.17) is 5.26 Å². The molecule has 1 aromatic carbocycles. The van der Waals surface area contributed by atoms with Gasteiger partial charge in [0.25, 0.3) is 0 Å². The summed E-state index contributed by atoms with van der Waals surface area (Å²) in [5.74, 6) is 0.0790. The van der Waals surface area contributed by atoms with E-state index in [-0.39, 0.29) is 5.92 Å². The lowest BCUT2D eigenvalue weighted by molar-refractivity contribution is -0.240. The van der Waals surface area contributed by atoms with Crippen LogP contribution in [0.4, 0.5) is 0 Å². The Labute approximate surface area is 101 Å². The summed E-state index contributed by atoms with van der Waals surface area (Å²) in [6.07, 6.45) is 4.82. The smallest absolute Gasteiger partial charge is 0.301 e. The third-order valence-electron chi connectivity index (χ3n) is 3.64. The van der Waals surface area contributed by atoms with Crippen molar-refractivity contribution in [1.29, 1.82) is 0 Å². The summed E-state index contributed by atoms with van der Waals surface area (Å²) in [4.78, 5) is 15.0. The molecule has 0 radical (unpaired) electrons. The average Bonchev–Trinajstić information content (AvgIpc) is 2.40. The monoisotopic (exact) mass is 234 g/mol. The van der Waals surface area contributed by atoms with E-state index < -0.39 is 5.97 Å². The van der Waals surface area contributed by atoms with E-state index >= 15 is 0 Å². The zero-order valence-electron chi connectivity index (χ0n) is 9.84. The van der Waals surface area contributed by atoms with Gasteiger partial charge in [0.1, 0.15) is 0 Å². The predicted molar refractivity (Wildman–Crippen MR) is 64.3 cm³/mol. The zero-order chi connectivity index (χ0) is 12.1. The van der Waals surface area contributed by atoms with Gasteiger partial charge in [0.2, 0.25) is 0 Å². The molecule has 92 valence electrons. The molecule has 0 spiro atoms. The molecule has 3 nitrogen and oxygen atoms in total. The van der Waals surface area contributed by atoms with Crippen molar-refractivity contribution in [1.82, 2.24) is 0 Å². The van der Waals surface area contributed by atoms with E-state index in [0.29, 0.717) is 5.92 Å². The number of carbonyl (C=O) groups excluding carboxylic acids is 1. The van der Waals surface area contributed by atoms with Crippen LogP contribution in [0.3, 0.4) is 0 Å². The summed E-state index contributed by atoms with van der Waals surface area (Å²) >= 11 is 0. The molecule has 1 fully saturated rings. The zero-order valence-corrected chi connectivity index (χ0v) is 9.84. The molecule has 0 heterocycles. The number of carbonyl (C=O) groups is 1. The molecule has 1 N–H and O–H groups in total. The molecule has 1 aliphatic carbocycles. The normalized spacial score (nSPS) is 24.3. The van der Waals surface area contributed by atoms with Gasteiger partial charge in [-0.1, -0.05) is 30.3 Å². The first kappa shape index (κ1) is 12.1. The SMILES string of the molecule is O=C(OO)C1CCC(Cc2ccccc2)CC1. The highest BCUT2D eigenvalue weighted by Crippen LogP contribution is 2.31. The number of benzene rings is 1. The van der Waals surface area contributed by atoms with Crippen LogP contribution in [0.2, 0.25) is 0 Å². The fraction of sp³-hybridized carbons (Fsp3) is 0.500. The topological polar surface area (TPSA) is 46.5 Å². The van der Waals surface area contributed by atoms with Gasteiger partial charge in [-0.2, -0.15) is 5.26 Å². The van der Waals surface area contributed by atoms with Crippen LogP contribution in [0.5, 0.6) is 0 Å². The van der Waals surface area contributed by atoms with Crippen molar-refractivity contribution < 1.29 is 14.9 Å². The van der Waals surface area contributed by atoms with Crippen LogP contribution in [0.1, 0.15) is 31.2 Å². The fourth-order valence-corrected chi connectivity index (χ4v) is 2.62. The molecule has 0 saturated heterocycles. The van der Waals surface area contributed by atoms with Gasteiger partial charge in [0.15, 0.2) is 0 Å². The first-order valence-electron chi connectivity index (χ1n) is 6.18. The highest BCUT2D eigenvalue weighted by molar-refractivity contribution is 5.71. The minimum absolute atomic E-state index is 0.105. The van der Waals surface area contributed by atoms with Crippen molar-refractivity contribution in [2.24, 2.45) is 11.8 Å². The molecule has 0 bridgehead atoms. The largest absolute Gasteiger partial charge is 0.345 e. The number of hydrogen-bond donors (Lipinski definition) is 1. The summed E-state index contributed by atoms with van der Waals surface area (Å²) in [6.45, 7) is 0. The van der Waals surface area contributed by atoms with E-state index in [1.165, 1.54) is 5.56 Å². The quantitative estimate of drug-likeness (QED) is 0.646. The Morgan fingerprint density at radius 1 is 1.18 bits per heavy atom. The van der Waals surface area contributed by atoms with Crippen LogP contribution in [-0.4, -0.2) is 11.2 Å². The maximum Gasteiger partial charge on any atom is 0.345 e. The number of hydrogen-bond acceptors (Lipinski definition) is 3. The van der Waals surface area contributed by atoms with Gasteiger partial charge in [-0.15, -0.1) is 0 Å². The minimum Gasteiger partial charge on any atom is -0.301 e. The Hall–Kier alpha value is -1.35. The van der Waals surface area contributed by atoms with Gasteiger partial charge < -0.3 is 4.89 Å². The van der Waals surface area contributed by atoms with Crippen LogP contribution in [0.15, 0.2) is 30.3 Å². The van der Waals surface area contributed by atoms with E-state index in [1.807, 2.05) is 6.07 Å². The van der Waals surface area contributed by atoms with Crippen LogP contribution in [-0.2, 0) is 16.1 Å². The first-order chi connectivity index (χ1) is 8.29. The maximum atomic E-state index is 11.2. The highest BCUT2D eigenvalue weighted by Gasteiger charge is 2.27. The Morgan fingerprint density at radius 3 is 2.41 bits per heavy atom. The summed E-state index contributed by atoms with van der Waals surface area (Å²) in [5.41, 5.74) is 1.36. The van der Waals surface area contributed by atoms with Crippen molar-refractivity contribution in [2.75, 3.05) is 0 Å². The molecule has 0 atom stereocenters. The van der Waals surface area contributed by atoms with Gasteiger partial charge >= 0.3 is 5.97 Å². The Morgan fingerprint density at radius 2 is 1.82 bits per heavy atom. The third kappa shape index (κ3) is 3.30. The minimum atomic E-state index is -0.469. The third-order valence-corrected chi connectivity index (χ3v) is 3.64. The molecular weight excluding hydrogens is 216 g/mol. The summed E-state index contributed by atoms with van der Waals surface area (Å²) < 4.78 is 0. The van der Waals surface area contributed by atoms with Crippen LogP contribution in [0, 0.1) is 11.8 Å².